The molecule has 2 aliphatic heterocycles. The van der Waals surface area contributed by atoms with Crippen molar-refractivity contribution in [2.45, 2.75) is 45.1 Å². The van der Waals surface area contributed by atoms with Gasteiger partial charge in [-0.25, -0.2) is 4.98 Å². The molecule has 0 aromatic carbocycles. The van der Waals surface area contributed by atoms with E-state index in [0.29, 0.717) is 25.9 Å². The number of nitrogens with one attached hydrogen (secondary N) is 2. The van der Waals surface area contributed by atoms with Gasteiger partial charge in [0, 0.05) is 38.8 Å². The molecule has 1 unspecified atom stereocenters. The largest absolute Gasteiger partial charge is 0.357 e. The normalized spacial score (nSPS) is 21.8. The minimum absolute atomic E-state index is 0.00611. The van der Waals surface area contributed by atoms with Gasteiger partial charge in [0.25, 0.3) is 0 Å². The number of rotatable bonds is 4. The fourth-order valence-electron chi connectivity index (χ4n) is 3.30. The van der Waals surface area contributed by atoms with Gasteiger partial charge in [0.1, 0.15) is 5.82 Å². The van der Waals surface area contributed by atoms with Gasteiger partial charge in [-0.2, -0.15) is 0 Å². The van der Waals surface area contributed by atoms with E-state index < -0.39 is 0 Å². The Morgan fingerprint density at radius 2 is 2.04 bits per heavy atom. The monoisotopic (exact) mass is 330 g/mol. The summed E-state index contributed by atoms with van der Waals surface area (Å²) in [6.07, 6.45) is 8.00. The molecule has 1 atom stereocenters. The molecule has 3 heterocycles. The van der Waals surface area contributed by atoms with Crippen LogP contribution in [0, 0.1) is 5.92 Å². The molecule has 130 valence electrons. The first-order chi connectivity index (χ1) is 11.7. The lowest BCUT2D eigenvalue weighted by molar-refractivity contribution is -0.129. The molecular weight excluding hydrogens is 304 g/mol. The Bertz CT molecular complexity index is 555. The van der Waals surface area contributed by atoms with Crippen molar-refractivity contribution in [3.05, 3.63) is 23.9 Å². The predicted molar refractivity (Wildman–Crippen MR) is 92.5 cm³/mol. The van der Waals surface area contributed by atoms with Crippen LogP contribution in [0.1, 0.15) is 44.1 Å². The average molecular weight is 330 g/mol. The second kappa shape index (κ2) is 8.13. The van der Waals surface area contributed by atoms with E-state index in [1.54, 1.807) is 0 Å². The van der Waals surface area contributed by atoms with Crippen LogP contribution in [0.15, 0.2) is 18.3 Å². The number of aromatic nitrogens is 1. The van der Waals surface area contributed by atoms with Crippen LogP contribution < -0.4 is 15.5 Å². The molecule has 1 aromatic rings. The smallest absolute Gasteiger partial charge is 0.225 e. The van der Waals surface area contributed by atoms with Gasteiger partial charge >= 0.3 is 0 Å². The maximum atomic E-state index is 12.1. The van der Waals surface area contributed by atoms with Gasteiger partial charge in [-0.3, -0.25) is 9.59 Å². The summed E-state index contributed by atoms with van der Waals surface area (Å²) in [5, 5.41) is 5.69. The van der Waals surface area contributed by atoms with Crippen LogP contribution in [0.25, 0.3) is 0 Å². The minimum Gasteiger partial charge on any atom is -0.357 e. The van der Waals surface area contributed by atoms with E-state index in [-0.39, 0.29) is 17.7 Å². The maximum Gasteiger partial charge on any atom is 0.225 e. The quantitative estimate of drug-likeness (QED) is 0.879. The number of nitrogens with zero attached hydrogens (tertiary/aromatic N) is 2. The lowest BCUT2D eigenvalue weighted by Gasteiger charge is -2.22. The van der Waals surface area contributed by atoms with Crippen molar-refractivity contribution in [1.29, 1.82) is 0 Å². The molecule has 6 nitrogen and oxygen atoms in total. The number of pyridine rings is 1. The van der Waals surface area contributed by atoms with Crippen molar-refractivity contribution in [1.82, 2.24) is 15.6 Å². The molecule has 3 rings (SSSR count). The molecule has 2 N–H and O–H groups in total. The van der Waals surface area contributed by atoms with E-state index >= 15 is 0 Å². The summed E-state index contributed by atoms with van der Waals surface area (Å²) in [5.41, 5.74) is 1.00. The second-order valence-corrected chi connectivity index (χ2v) is 6.68. The Morgan fingerprint density at radius 1 is 1.25 bits per heavy atom. The van der Waals surface area contributed by atoms with Crippen LogP contribution >= 0.6 is 0 Å². The standard InChI is InChI=1S/C18H26N4O2/c23-17-8-6-15(13-20-17)18(24)21-12-14-5-7-16(19-11-14)22-9-3-1-2-4-10-22/h5,7,11,15H,1-4,6,8-10,12-13H2,(H,20,23)(H,21,24). The van der Waals surface area contributed by atoms with E-state index in [1.807, 2.05) is 18.3 Å². The summed E-state index contributed by atoms with van der Waals surface area (Å²) in [6.45, 7) is 3.08. The van der Waals surface area contributed by atoms with Crippen molar-refractivity contribution in [3.8, 4) is 0 Å². The first-order valence-corrected chi connectivity index (χ1v) is 8.96. The van der Waals surface area contributed by atoms with Crippen LogP contribution in [0.2, 0.25) is 0 Å². The third-order valence-electron chi connectivity index (χ3n) is 4.84. The van der Waals surface area contributed by atoms with E-state index in [2.05, 4.69) is 20.5 Å². The van der Waals surface area contributed by atoms with Crippen LogP contribution in [-0.2, 0) is 16.1 Å². The maximum absolute atomic E-state index is 12.1. The van der Waals surface area contributed by atoms with Gasteiger partial charge < -0.3 is 15.5 Å². The van der Waals surface area contributed by atoms with Gasteiger partial charge in [0.2, 0.25) is 11.8 Å². The Labute approximate surface area is 143 Å². The van der Waals surface area contributed by atoms with Gasteiger partial charge in [0.05, 0.1) is 5.92 Å². The van der Waals surface area contributed by atoms with E-state index in [1.165, 1.54) is 25.7 Å². The third-order valence-corrected chi connectivity index (χ3v) is 4.84. The molecule has 0 radical (unpaired) electrons. The predicted octanol–water partition coefficient (Wildman–Crippen LogP) is 1.60. The van der Waals surface area contributed by atoms with Gasteiger partial charge in [-0.15, -0.1) is 0 Å². The van der Waals surface area contributed by atoms with Crippen molar-refractivity contribution >= 4 is 17.6 Å². The number of anilines is 1. The summed E-state index contributed by atoms with van der Waals surface area (Å²) in [6, 6.07) is 4.09. The first kappa shape index (κ1) is 16.7. The topological polar surface area (TPSA) is 74.3 Å². The molecule has 2 amide bonds. The second-order valence-electron chi connectivity index (χ2n) is 6.68. The highest BCUT2D eigenvalue weighted by Gasteiger charge is 2.24. The SMILES string of the molecule is O=C1CCC(C(=O)NCc2ccc(N3CCCCCC3)nc2)CN1. The fourth-order valence-corrected chi connectivity index (χ4v) is 3.30. The molecular formula is C18H26N4O2. The third kappa shape index (κ3) is 4.46. The number of piperidine rings is 1. The fraction of sp³-hybridized carbons (Fsp3) is 0.611. The van der Waals surface area contributed by atoms with Gasteiger partial charge in [0.15, 0.2) is 0 Å². The Hall–Kier alpha value is -2.11. The van der Waals surface area contributed by atoms with Crippen LogP contribution in [0.5, 0.6) is 0 Å². The number of hydrogen-bond donors (Lipinski definition) is 2. The summed E-state index contributed by atoms with van der Waals surface area (Å²) in [4.78, 5) is 30.2. The zero-order valence-electron chi connectivity index (χ0n) is 14.1. The lowest BCUT2D eigenvalue weighted by atomic mass is 9.98. The molecule has 6 heteroatoms. The molecule has 0 aliphatic carbocycles. The summed E-state index contributed by atoms with van der Waals surface area (Å²) < 4.78 is 0. The number of amides is 2. The highest BCUT2D eigenvalue weighted by molar-refractivity contribution is 5.83. The highest BCUT2D eigenvalue weighted by atomic mass is 16.2. The average Bonchev–Trinajstić information content (AvgIpc) is 2.90. The number of hydrogen-bond acceptors (Lipinski definition) is 4. The zero-order valence-corrected chi connectivity index (χ0v) is 14.1. The van der Waals surface area contributed by atoms with Crippen molar-refractivity contribution in [3.63, 3.8) is 0 Å². The lowest BCUT2D eigenvalue weighted by Crippen LogP contribution is -2.42. The Balaban J connectivity index is 1.49. The van der Waals surface area contributed by atoms with Crippen molar-refractivity contribution < 1.29 is 9.59 Å². The zero-order chi connectivity index (χ0) is 16.8. The molecule has 2 aliphatic rings. The number of carbonyl (C=O) groups excluding carboxylic acids is 2. The van der Waals surface area contributed by atoms with Crippen molar-refractivity contribution in [2.24, 2.45) is 5.92 Å². The molecule has 1 aromatic heterocycles. The molecule has 2 saturated heterocycles. The van der Waals surface area contributed by atoms with Gasteiger partial charge in [-0.1, -0.05) is 18.9 Å². The summed E-state index contributed by atoms with van der Waals surface area (Å²) in [5.74, 6) is 0.952. The van der Waals surface area contributed by atoms with E-state index in [9.17, 15) is 9.59 Å². The Morgan fingerprint density at radius 3 is 2.67 bits per heavy atom. The van der Waals surface area contributed by atoms with Crippen LogP contribution in [0.3, 0.4) is 0 Å². The summed E-state index contributed by atoms with van der Waals surface area (Å²) >= 11 is 0. The molecule has 2 fully saturated rings. The van der Waals surface area contributed by atoms with Gasteiger partial charge in [-0.05, 0) is 30.9 Å². The Kier molecular flexibility index (Phi) is 5.67. The van der Waals surface area contributed by atoms with E-state index in [4.69, 9.17) is 0 Å². The number of carbonyl (C=O) groups is 2. The van der Waals surface area contributed by atoms with Crippen molar-refractivity contribution in [2.75, 3.05) is 24.5 Å². The molecule has 24 heavy (non-hydrogen) atoms. The molecule has 0 saturated carbocycles. The van der Waals surface area contributed by atoms with Crippen LogP contribution in [0.4, 0.5) is 5.82 Å². The minimum atomic E-state index is -0.118. The summed E-state index contributed by atoms with van der Waals surface area (Å²) in [7, 11) is 0. The molecule has 0 spiro atoms. The highest BCUT2D eigenvalue weighted by Crippen LogP contribution is 2.17. The first-order valence-electron chi connectivity index (χ1n) is 8.96. The van der Waals surface area contributed by atoms with Crippen LogP contribution in [-0.4, -0.2) is 36.4 Å². The molecule has 0 bridgehead atoms. The van der Waals surface area contributed by atoms with E-state index in [0.717, 1.165) is 24.5 Å².